The number of pyridine rings is 1. The van der Waals surface area contributed by atoms with Crippen LogP contribution >= 0.6 is 0 Å². The number of aromatic nitrogens is 1. The van der Waals surface area contributed by atoms with E-state index < -0.39 is 0 Å². The molecule has 126 valence electrons. The van der Waals surface area contributed by atoms with Crippen molar-refractivity contribution < 1.29 is 0 Å². The van der Waals surface area contributed by atoms with Gasteiger partial charge in [0.25, 0.3) is 0 Å². The minimum absolute atomic E-state index is 0.0740. The van der Waals surface area contributed by atoms with Gasteiger partial charge in [0.05, 0.1) is 5.69 Å². The smallest absolute Gasteiger partial charge is 0.158 e. The van der Waals surface area contributed by atoms with E-state index >= 15 is 0 Å². The summed E-state index contributed by atoms with van der Waals surface area (Å²) in [4.78, 5) is 9.45. The molecule has 0 bridgehead atoms. The molecule has 3 aromatic rings. The van der Waals surface area contributed by atoms with Crippen LogP contribution in [-0.2, 0) is 5.41 Å². The van der Waals surface area contributed by atoms with Crippen LogP contribution < -0.4 is 9.80 Å². The molecular formula is C22H23N3. The Bertz CT molecular complexity index is 867. The van der Waals surface area contributed by atoms with Gasteiger partial charge in [-0.05, 0) is 41.3 Å². The number of rotatable bonds is 2. The fourth-order valence-corrected chi connectivity index (χ4v) is 3.19. The van der Waals surface area contributed by atoms with Gasteiger partial charge in [0.15, 0.2) is 5.82 Å². The van der Waals surface area contributed by atoms with E-state index in [1.165, 1.54) is 16.9 Å². The first kappa shape index (κ1) is 15.7. The Morgan fingerprint density at radius 3 is 1.92 bits per heavy atom. The number of fused-ring (bicyclic) bond motifs is 1. The largest absolute Gasteiger partial charge is 0.320 e. The lowest BCUT2D eigenvalue weighted by Crippen LogP contribution is -2.24. The molecular weight excluding hydrogens is 306 g/mol. The lowest BCUT2D eigenvalue weighted by Gasteiger charge is -2.22. The molecule has 0 radical (unpaired) electrons. The van der Waals surface area contributed by atoms with E-state index in [-0.39, 0.29) is 5.41 Å². The summed E-state index contributed by atoms with van der Waals surface area (Å²) < 4.78 is 0. The molecule has 1 aliphatic heterocycles. The Hall–Kier alpha value is -2.81. The molecule has 0 spiro atoms. The summed E-state index contributed by atoms with van der Waals surface area (Å²) >= 11 is 0. The van der Waals surface area contributed by atoms with Gasteiger partial charge in [-0.25, -0.2) is 4.98 Å². The normalized spacial score (nSPS) is 13.9. The highest BCUT2D eigenvalue weighted by Crippen LogP contribution is 2.44. The molecule has 3 nitrogen and oxygen atoms in total. The van der Waals surface area contributed by atoms with Gasteiger partial charge >= 0.3 is 0 Å². The van der Waals surface area contributed by atoms with Gasteiger partial charge in [0.1, 0.15) is 6.67 Å². The minimum atomic E-state index is 0.0740. The Labute approximate surface area is 149 Å². The standard InChI is InChI=1S/C22H23N3/c1-22(2,3)17-14-20-21(23-15-17)25(19-12-8-5-9-13-19)16-24(20)18-10-6-4-7-11-18/h4-15H,16H2,1-3H3. The van der Waals surface area contributed by atoms with Crippen LogP contribution in [0.4, 0.5) is 22.9 Å². The van der Waals surface area contributed by atoms with E-state index in [4.69, 9.17) is 4.98 Å². The molecule has 0 fully saturated rings. The van der Waals surface area contributed by atoms with Crippen molar-refractivity contribution in [2.75, 3.05) is 16.5 Å². The third-order valence-electron chi connectivity index (χ3n) is 4.68. The fourth-order valence-electron chi connectivity index (χ4n) is 3.19. The van der Waals surface area contributed by atoms with E-state index in [1.807, 2.05) is 12.3 Å². The van der Waals surface area contributed by atoms with Crippen LogP contribution in [-0.4, -0.2) is 11.7 Å². The summed E-state index contributed by atoms with van der Waals surface area (Å²) in [5.41, 5.74) is 4.85. The highest BCUT2D eigenvalue weighted by atomic mass is 15.4. The summed E-state index contributed by atoms with van der Waals surface area (Å²) in [7, 11) is 0. The third kappa shape index (κ3) is 2.86. The van der Waals surface area contributed by atoms with Crippen LogP contribution in [0.2, 0.25) is 0 Å². The van der Waals surface area contributed by atoms with Gasteiger partial charge in [0.2, 0.25) is 0 Å². The van der Waals surface area contributed by atoms with Crippen molar-refractivity contribution in [2.45, 2.75) is 26.2 Å². The zero-order valence-corrected chi connectivity index (χ0v) is 15.0. The summed E-state index contributed by atoms with van der Waals surface area (Å²) in [5, 5.41) is 0. The van der Waals surface area contributed by atoms with Gasteiger partial charge in [-0.15, -0.1) is 0 Å². The second-order valence-electron chi connectivity index (χ2n) is 7.49. The van der Waals surface area contributed by atoms with E-state index in [0.717, 1.165) is 18.2 Å². The molecule has 0 saturated carbocycles. The summed E-state index contributed by atoms with van der Waals surface area (Å²) in [6.45, 7) is 7.46. The summed E-state index contributed by atoms with van der Waals surface area (Å²) in [6, 6.07) is 23.3. The monoisotopic (exact) mass is 329 g/mol. The van der Waals surface area contributed by atoms with E-state index in [0.29, 0.717) is 0 Å². The van der Waals surface area contributed by atoms with Gasteiger partial charge < -0.3 is 9.80 Å². The molecule has 1 aromatic heterocycles. The Morgan fingerprint density at radius 2 is 1.36 bits per heavy atom. The van der Waals surface area contributed by atoms with E-state index in [2.05, 4.69) is 91.2 Å². The SMILES string of the molecule is CC(C)(C)c1cnc2c(c1)N(c1ccccc1)CN2c1ccccc1. The van der Waals surface area contributed by atoms with Crippen molar-refractivity contribution in [2.24, 2.45) is 0 Å². The molecule has 4 rings (SSSR count). The first-order valence-corrected chi connectivity index (χ1v) is 8.70. The van der Waals surface area contributed by atoms with Crippen LogP contribution in [0.1, 0.15) is 26.3 Å². The molecule has 0 atom stereocenters. The fraction of sp³-hybridized carbons (Fsp3) is 0.227. The quantitative estimate of drug-likeness (QED) is 0.607. The second kappa shape index (κ2) is 5.92. The number of anilines is 4. The maximum absolute atomic E-state index is 4.84. The van der Waals surface area contributed by atoms with E-state index in [9.17, 15) is 0 Å². The number of hydrogen-bond donors (Lipinski definition) is 0. The minimum Gasteiger partial charge on any atom is -0.320 e. The van der Waals surface area contributed by atoms with Gasteiger partial charge in [0, 0.05) is 17.6 Å². The van der Waals surface area contributed by atoms with Gasteiger partial charge in [-0.2, -0.15) is 0 Å². The van der Waals surface area contributed by atoms with Crippen molar-refractivity contribution in [3.05, 3.63) is 78.5 Å². The molecule has 1 aliphatic rings. The van der Waals surface area contributed by atoms with E-state index in [1.54, 1.807) is 0 Å². The van der Waals surface area contributed by atoms with Crippen LogP contribution in [0.3, 0.4) is 0 Å². The highest BCUT2D eigenvalue weighted by molar-refractivity contribution is 5.84. The first-order valence-electron chi connectivity index (χ1n) is 8.70. The molecule has 0 aliphatic carbocycles. The topological polar surface area (TPSA) is 19.4 Å². The number of nitrogens with zero attached hydrogens (tertiary/aromatic N) is 3. The van der Waals surface area contributed by atoms with Crippen LogP contribution in [0, 0.1) is 0 Å². The Balaban J connectivity index is 1.85. The molecule has 0 amide bonds. The Kier molecular flexibility index (Phi) is 3.72. The average molecular weight is 329 g/mol. The molecule has 0 N–H and O–H groups in total. The molecule has 0 unspecified atom stereocenters. The molecule has 2 heterocycles. The van der Waals surface area contributed by atoms with Crippen LogP contribution in [0.15, 0.2) is 72.9 Å². The predicted molar refractivity (Wildman–Crippen MR) is 105 cm³/mol. The van der Waals surface area contributed by atoms with Crippen LogP contribution in [0.5, 0.6) is 0 Å². The summed E-state index contributed by atoms with van der Waals surface area (Å²) in [6.07, 6.45) is 2.02. The van der Waals surface area contributed by atoms with Crippen molar-refractivity contribution in [3.8, 4) is 0 Å². The molecule has 25 heavy (non-hydrogen) atoms. The maximum Gasteiger partial charge on any atom is 0.158 e. The van der Waals surface area contributed by atoms with Crippen molar-refractivity contribution in [1.29, 1.82) is 0 Å². The van der Waals surface area contributed by atoms with Gasteiger partial charge in [-0.3, -0.25) is 0 Å². The Morgan fingerprint density at radius 1 is 0.800 bits per heavy atom. The zero-order valence-electron chi connectivity index (χ0n) is 15.0. The van der Waals surface area contributed by atoms with Gasteiger partial charge in [-0.1, -0.05) is 57.2 Å². The first-order chi connectivity index (χ1) is 12.0. The zero-order chi connectivity index (χ0) is 17.4. The summed E-state index contributed by atoms with van der Waals surface area (Å²) in [5.74, 6) is 1.02. The lowest BCUT2D eigenvalue weighted by atomic mass is 9.88. The van der Waals surface area contributed by atoms with Crippen LogP contribution in [0.25, 0.3) is 0 Å². The predicted octanol–water partition coefficient (Wildman–Crippen LogP) is 5.63. The average Bonchev–Trinajstić information content (AvgIpc) is 3.01. The highest BCUT2D eigenvalue weighted by Gasteiger charge is 2.30. The molecule has 0 saturated heterocycles. The lowest BCUT2D eigenvalue weighted by molar-refractivity contribution is 0.588. The molecule has 3 heteroatoms. The number of benzene rings is 2. The third-order valence-corrected chi connectivity index (χ3v) is 4.68. The second-order valence-corrected chi connectivity index (χ2v) is 7.49. The number of hydrogen-bond acceptors (Lipinski definition) is 3. The van der Waals surface area contributed by atoms with Crippen molar-refractivity contribution in [3.63, 3.8) is 0 Å². The maximum atomic E-state index is 4.84. The van der Waals surface area contributed by atoms with Crippen molar-refractivity contribution >= 4 is 22.9 Å². The number of para-hydroxylation sites is 2. The van der Waals surface area contributed by atoms with Crippen molar-refractivity contribution in [1.82, 2.24) is 4.98 Å². The molecule has 2 aromatic carbocycles.